The van der Waals surface area contributed by atoms with Gasteiger partial charge in [0.15, 0.2) is 6.10 Å². The fourth-order valence-electron chi connectivity index (χ4n) is 2.17. The third kappa shape index (κ3) is 3.24. The summed E-state index contributed by atoms with van der Waals surface area (Å²) in [6.07, 6.45) is -0.136. The molecule has 5 nitrogen and oxygen atoms in total. The van der Waals surface area contributed by atoms with Crippen LogP contribution in [0.3, 0.4) is 0 Å². The predicted octanol–water partition coefficient (Wildman–Crippen LogP) is 2.73. The molecule has 21 heavy (non-hydrogen) atoms. The van der Waals surface area contributed by atoms with E-state index in [0.29, 0.717) is 30.1 Å². The van der Waals surface area contributed by atoms with E-state index in [-0.39, 0.29) is 11.8 Å². The fourth-order valence-corrected chi connectivity index (χ4v) is 2.17. The Balaban J connectivity index is 2.34. The summed E-state index contributed by atoms with van der Waals surface area (Å²) in [5, 5.41) is 2.78. The molecule has 0 spiro atoms. The molecule has 0 aromatic heterocycles. The summed E-state index contributed by atoms with van der Waals surface area (Å²) < 4.78 is 5.64. The highest BCUT2D eigenvalue weighted by Crippen LogP contribution is 2.36. The number of amides is 2. The number of carbonyl (C=O) groups is 2. The van der Waals surface area contributed by atoms with Gasteiger partial charge in [-0.15, -0.1) is 0 Å². The van der Waals surface area contributed by atoms with Gasteiger partial charge in [-0.05, 0) is 26.0 Å². The van der Waals surface area contributed by atoms with Crippen LogP contribution in [0, 0.1) is 0 Å². The number of anilines is 2. The summed E-state index contributed by atoms with van der Waals surface area (Å²) in [5.41, 5.74) is 2.26. The second kappa shape index (κ2) is 5.99. The molecule has 0 saturated heterocycles. The van der Waals surface area contributed by atoms with E-state index in [2.05, 4.69) is 11.9 Å². The van der Waals surface area contributed by atoms with Gasteiger partial charge in [-0.3, -0.25) is 9.59 Å². The Morgan fingerprint density at radius 1 is 1.48 bits per heavy atom. The highest BCUT2D eigenvalue weighted by Gasteiger charge is 2.31. The van der Waals surface area contributed by atoms with E-state index in [9.17, 15) is 9.59 Å². The predicted molar refractivity (Wildman–Crippen MR) is 82.6 cm³/mol. The molecule has 1 unspecified atom stereocenters. The van der Waals surface area contributed by atoms with Gasteiger partial charge in [-0.2, -0.15) is 0 Å². The standard InChI is InChI=1S/C16H20N2O3/c1-5-15(19)17-12-6-7-13-14(8-12)21-11(4)16(20)18(13)9-10(2)3/h6-8,11H,2,5,9H2,1,3-4H3,(H,17,19). The van der Waals surface area contributed by atoms with E-state index in [1.54, 1.807) is 36.9 Å². The summed E-state index contributed by atoms with van der Waals surface area (Å²) in [6.45, 7) is 9.70. The molecule has 1 aromatic rings. The Bertz CT molecular complexity index is 595. The first kappa shape index (κ1) is 15.1. The Hall–Kier alpha value is -2.30. The number of hydrogen-bond acceptors (Lipinski definition) is 3. The molecule has 1 heterocycles. The van der Waals surface area contributed by atoms with Crippen molar-refractivity contribution in [3.63, 3.8) is 0 Å². The number of fused-ring (bicyclic) bond motifs is 1. The molecular weight excluding hydrogens is 268 g/mol. The van der Waals surface area contributed by atoms with Crippen molar-refractivity contribution >= 4 is 23.2 Å². The molecule has 1 N–H and O–H groups in total. The first-order chi connectivity index (χ1) is 9.92. The van der Waals surface area contributed by atoms with Gasteiger partial charge in [-0.25, -0.2) is 0 Å². The molecule has 0 radical (unpaired) electrons. The Labute approximate surface area is 124 Å². The van der Waals surface area contributed by atoms with Gasteiger partial charge >= 0.3 is 0 Å². The monoisotopic (exact) mass is 288 g/mol. The number of benzene rings is 1. The van der Waals surface area contributed by atoms with Gasteiger partial charge in [0.05, 0.1) is 5.69 Å². The Kier molecular flexibility index (Phi) is 4.31. The van der Waals surface area contributed by atoms with Crippen molar-refractivity contribution in [3.8, 4) is 5.75 Å². The molecule has 0 saturated carbocycles. The lowest BCUT2D eigenvalue weighted by molar-refractivity contribution is -0.125. The number of hydrogen-bond donors (Lipinski definition) is 1. The zero-order valence-electron chi connectivity index (χ0n) is 12.6. The van der Waals surface area contributed by atoms with Crippen molar-refractivity contribution in [2.24, 2.45) is 0 Å². The lowest BCUT2D eigenvalue weighted by Crippen LogP contribution is -2.45. The minimum absolute atomic E-state index is 0.0614. The van der Waals surface area contributed by atoms with Gasteiger partial charge in [0.2, 0.25) is 5.91 Å². The summed E-state index contributed by atoms with van der Waals surface area (Å²) >= 11 is 0. The molecule has 0 fully saturated rings. The second-order valence-electron chi connectivity index (χ2n) is 5.23. The zero-order valence-corrected chi connectivity index (χ0v) is 12.6. The van der Waals surface area contributed by atoms with Crippen molar-refractivity contribution in [2.75, 3.05) is 16.8 Å². The van der Waals surface area contributed by atoms with Crippen LogP contribution in [0.4, 0.5) is 11.4 Å². The van der Waals surface area contributed by atoms with Gasteiger partial charge in [0.25, 0.3) is 5.91 Å². The van der Waals surface area contributed by atoms with Gasteiger partial charge in [-0.1, -0.05) is 19.1 Å². The molecule has 1 aromatic carbocycles. The Morgan fingerprint density at radius 3 is 2.81 bits per heavy atom. The first-order valence-electron chi connectivity index (χ1n) is 6.98. The van der Waals surface area contributed by atoms with Crippen LogP contribution in [-0.4, -0.2) is 24.5 Å². The number of nitrogens with one attached hydrogen (secondary N) is 1. The molecule has 0 aliphatic carbocycles. The number of ether oxygens (including phenoxy) is 1. The quantitative estimate of drug-likeness (QED) is 0.867. The molecule has 5 heteroatoms. The molecule has 1 atom stereocenters. The maximum absolute atomic E-state index is 12.2. The summed E-state index contributed by atoms with van der Waals surface area (Å²) in [6, 6.07) is 5.30. The van der Waals surface area contributed by atoms with E-state index in [4.69, 9.17) is 4.74 Å². The van der Waals surface area contributed by atoms with Gasteiger partial charge < -0.3 is 15.0 Å². The fraction of sp³-hybridized carbons (Fsp3) is 0.375. The van der Waals surface area contributed by atoms with Gasteiger partial charge in [0, 0.05) is 24.7 Å². The second-order valence-corrected chi connectivity index (χ2v) is 5.23. The van der Waals surface area contributed by atoms with Crippen LogP contribution >= 0.6 is 0 Å². The number of nitrogens with zero attached hydrogens (tertiary/aromatic N) is 1. The molecule has 1 aliphatic heterocycles. The first-order valence-corrected chi connectivity index (χ1v) is 6.98. The van der Waals surface area contributed by atoms with Crippen molar-refractivity contribution in [1.29, 1.82) is 0 Å². The average molecular weight is 288 g/mol. The lowest BCUT2D eigenvalue weighted by Gasteiger charge is -2.33. The third-order valence-electron chi connectivity index (χ3n) is 3.20. The normalized spacial score (nSPS) is 17.0. The van der Waals surface area contributed by atoms with Crippen molar-refractivity contribution in [2.45, 2.75) is 33.3 Å². The van der Waals surface area contributed by atoms with E-state index in [1.165, 1.54) is 0 Å². The average Bonchev–Trinajstić information content (AvgIpc) is 2.43. The number of carbonyl (C=O) groups excluding carboxylic acids is 2. The maximum atomic E-state index is 12.2. The van der Waals surface area contributed by atoms with Crippen LogP contribution in [-0.2, 0) is 9.59 Å². The van der Waals surface area contributed by atoms with Crippen molar-refractivity contribution < 1.29 is 14.3 Å². The molecule has 1 aliphatic rings. The molecule has 2 rings (SSSR count). The SMILES string of the molecule is C=C(C)CN1C(=O)C(C)Oc2cc(NC(=O)CC)ccc21. The van der Waals surface area contributed by atoms with Crippen molar-refractivity contribution in [3.05, 3.63) is 30.4 Å². The van der Waals surface area contributed by atoms with Crippen molar-refractivity contribution in [1.82, 2.24) is 0 Å². The van der Waals surface area contributed by atoms with E-state index < -0.39 is 6.10 Å². The molecule has 0 bridgehead atoms. The minimum atomic E-state index is -0.547. The molecular formula is C16H20N2O3. The van der Waals surface area contributed by atoms with E-state index in [0.717, 1.165) is 5.57 Å². The summed E-state index contributed by atoms with van der Waals surface area (Å²) in [7, 11) is 0. The zero-order chi connectivity index (χ0) is 15.6. The minimum Gasteiger partial charge on any atom is -0.479 e. The highest BCUT2D eigenvalue weighted by atomic mass is 16.5. The molecule has 2 amide bonds. The van der Waals surface area contributed by atoms with Gasteiger partial charge in [0.1, 0.15) is 5.75 Å². The Morgan fingerprint density at radius 2 is 2.19 bits per heavy atom. The largest absolute Gasteiger partial charge is 0.479 e. The lowest BCUT2D eigenvalue weighted by atomic mass is 10.1. The highest BCUT2D eigenvalue weighted by molar-refractivity contribution is 6.01. The summed E-state index contributed by atoms with van der Waals surface area (Å²) in [4.78, 5) is 25.3. The van der Waals surface area contributed by atoms with E-state index in [1.807, 2.05) is 6.92 Å². The third-order valence-corrected chi connectivity index (χ3v) is 3.20. The van der Waals surface area contributed by atoms with Crippen LogP contribution in [0.1, 0.15) is 27.2 Å². The van der Waals surface area contributed by atoms with Crippen LogP contribution in [0.25, 0.3) is 0 Å². The number of rotatable bonds is 4. The topological polar surface area (TPSA) is 58.6 Å². The van der Waals surface area contributed by atoms with Crippen LogP contribution in [0.2, 0.25) is 0 Å². The van der Waals surface area contributed by atoms with Crippen LogP contribution in [0.15, 0.2) is 30.4 Å². The smallest absolute Gasteiger partial charge is 0.268 e. The molecule has 112 valence electrons. The van der Waals surface area contributed by atoms with Crippen LogP contribution in [0.5, 0.6) is 5.75 Å². The maximum Gasteiger partial charge on any atom is 0.268 e. The van der Waals surface area contributed by atoms with Crippen LogP contribution < -0.4 is 15.0 Å². The van der Waals surface area contributed by atoms with E-state index >= 15 is 0 Å². The summed E-state index contributed by atoms with van der Waals surface area (Å²) in [5.74, 6) is 0.446.